The molecule has 3 aliphatic rings. The smallest absolute Gasteiger partial charge is 0.466 e. The van der Waals surface area contributed by atoms with Crippen LogP contribution < -0.4 is 0 Å². The number of hydrogen-bond donors (Lipinski definition) is 0. The highest BCUT2D eigenvalue weighted by molar-refractivity contribution is 6.58. The summed E-state index contributed by atoms with van der Waals surface area (Å²) >= 11 is 0. The van der Waals surface area contributed by atoms with E-state index in [1.54, 1.807) is 41.3 Å². The Balaban J connectivity index is 1.64. The van der Waals surface area contributed by atoms with E-state index in [1.807, 2.05) is 0 Å². The Labute approximate surface area is 229 Å². The number of esters is 2. The van der Waals surface area contributed by atoms with Crippen LogP contribution in [0.3, 0.4) is 0 Å². The number of benzene rings is 1. The first-order valence-corrected chi connectivity index (χ1v) is 12.6. The van der Waals surface area contributed by atoms with Crippen molar-refractivity contribution in [2.45, 2.75) is 0 Å². The number of methoxy groups -OCH3 is 2. The Morgan fingerprint density at radius 1 is 0.925 bits per heavy atom. The molecule has 40 heavy (non-hydrogen) atoms. The fourth-order valence-corrected chi connectivity index (χ4v) is 5.01. The van der Waals surface area contributed by atoms with Gasteiger partial charge in [-0.2, -0.15) is 0 Å². The normalized spacial score (nSPS) is 17.9. The van der Waals surface area contributed by atoms with E-state index in [0.29, 0.717) is 43.0 Å². The second-order valence-electron chi connectivity index (χ2n) is 9.19. The third-order valence-electron chi connectivity index (χ3n) is 6.93. The van der Waals surface area contributed by atoms with Gasteiger partial charge < -0.3 is 36.7 Å². The summed E-state index contributed by atoms with van der Waals surface area (Å²) in [5.74, 6) is -1.50. The lowest BCUT2D eigenvalue weighted by atomic mass is 9.85. The maximum Gasteiger partial charge on any atom is 0.737 e. The topological polar surface area (TPSA) is 90.1 Å². The first-order chi connectivity index (χ1) is 19.3. The van der Waals surface area contributed by atoms with E-state index in [1.165, 1.54) is 38.5 Å². The Morgan fingerprint density at radius 3 is 2.23 bits per heavy atom. The third kappa shape index (κ3) is 4.82. The van der Waals surface area contributed by atoms with Gasteiger partial charge in [-0.25, -0.2) is 9.59 Å². The monoisotopic (exact) mass is 549 g/mol. The highest BCUT2D eigenvalue weighted by atomic mass is 19.2. The SMILES string of the molecule is COC(=O)/C=C/C1=[N+]2C(=C(c3ccc(C(=O)N4CCOCC4)cc3)c3ccc(/C=C/C(=O)OC)n3[B-]2(F)F)C=C1. The maximum absolute atomic E-state index is 16.3. The van der Waals surface area contributed by atoms with Gasteiger partial charge in [-0.3, -0.25) is 4.79 Å². The summed E-state index contributed by atoms with van der Waals surface area (Å²) in [6.07, 6.45) is 7.75. The number of halogens is 2. The number of nitrogens with zero attached hydrogens (tertiary/aromatic N) is 3. The molecule has 0 aliphatic carbocycles. The van der Waals surface area contributed by atoms with E-state index in [2.05, 4.69) is 9.47 Å². The minimum Gasteiger partial charge on any atom is -0.466 e. The summed E-state index contributed by atoms with van der Waals surface area (Å²) < 4.78 is 48.9. The molecule has 2 aromatic rings. The highest BCUT2D eigenvalue weighted by Gasteiger charge is 2.54. The molecule has 1 saturated heterocycles. The fraction of sp³-hybridized carbons (Fsp3) is 0.214. The number of carbonyl (C=O) groups is 3. The minimum absolute atomic E-state index is 0.0873. The van der Waals surface area contributed by atoms with Gasteiger partial charge in [0.05, 0.1) is 33.0 Å². The number of morpholine rings is 1. The molecular formula is C28H26BF2N3O6. The van der Waals surface area contributed by atoms with Crippen LogP contribution in [-0.2, 0) is 23.8 Å². The molecule has 1 amide bonds. The van der Waals surface area contributed by atoms with E-state index in [-0.39, 0.29) is 28.7 Å². The number of allylic oxidation sites excluding steroid dienone is 3. The van der Waals surface area contributed by atoms with Gasteiger partial charge in [-0.1, -0.05) is 12.1 Å². The molecule has 0 spiro atoms. The van der Waals surface area contributed by atoms with Crippen LogP contribution in [0.4, 0.5) is 8.63 Å². The van der Waals surface area contributed by atoms with Crippen molar-refractivity contribution in [1.82, 2.24) is 9.38 Å². The molecule has 3 aliphatic heterocycles. The number of hydrogen-bond acceptors (Lipinski definition) is 6. The second kappa shape index (κ2) is 10.9. The molecule has 9 nitrogen and oxygen atoms in total. The zero-order valence-corrected chi connectivity index (χ0v) is 21.9. The van der Waals surface area contributed by atoms with Crippen LogP contribution in [0.2, 0.25) is 0 Å². The lowest BCUT2D eigenvalue weighted by Gasteiger charge is -2.33. The summed E-state index contributed by atoms with van der Waals surface area (Å²) in [7, 11) is 2.40. The van der Waals surface area contributed by atoms with E-state index < -0.39 is 18.9 Å². The fourth-order valence-electron chi connectivity index (χ4n) is 5.01. The van der Waals surface area contributed by atoms with Gasteiger partial charge in [0.2, 0.25) is 0 Å². The predicted octanol–water partition coefficient (Wildman–Crippen LogP) is 2.89. The Kier molecular flexibility index (Phi) is 7.35. The molecule has 12 heteroatoms. The van der Waals surface area contributed by atoms with Crippen molar-refractivity contribution < 1.29 is 41.7 Å². The van der Waals surface area contributed by atoms with Crippen molar-refractivity contribution in [2.75, 3.05) is 40.5 Å². The Bertz CT molecular complexity index is 1530. The van der Waals surface area contributed by atoms with Gasteiger partial charge in [0.15, 0.2) is 11.4 Å². The van der Waals surface area contributed by atoms with E-state index in [4.69, 9.17) is 4.74 Å². The first-order valence-electron chi connectivity index (χ1n) is 12.6. The summed E-state index contributed by atoms with van der Waals surface area (Å²) in [6, 6.07) is 9.86. The lowest BCUT2D eigenvalue weighted by Crippen LogP contribution is -2.51. The second-order valence-corrected chi connectivity index (χ2v) is 9.19. The quantitative estimate of drug-likeness (QED) is 0.313. The number of aromatic nitrogens is 1. The molecule has 1 aromatic carbocycles. The molecule has 206 valence electrons. The van der Waals surface area contributed by atoms with Crippen molar-refractivity contribution >= 4 is 42.2 Å². The molecule has 1 fully saturated rings. The molecular weight excluding hydrogens is 523 g/mol. The first kappa shape index (κ1) is 27.0. The van der Waals surface area contributed by atoms with Gasteiger partial charge in [0.25, 0.3) is 5.91 Å². The van der Waals surface area contributed by atoms with E-state index in [0.717, 1.165) is 21.1 Å². The van der Waals surface area contributed by atoms with Crippen LogP contribution in [0.25, 0.3) is 11.6 Å². The Morgan fingerprint density at radius 2 is 1.57 bits per heavy atom. The largest absolute Gasteiger partial charge is 0.737 e. The van der Waals surface area contributed by atoms with Gasteiger partial charge in [0.1, 0.15) is 0 Å². The molecule has 1 aromatic heterocycles. The zero-order chi connectivity index (χ0) is 28.4. The van der Waals surface area contributed by atoms with E-state index in [9.17, 15) is 14.4 Å². The number of fused-ring (bicyclic) bond motifs is 2. The van der Waals surface area contributed by atoms with Crippen LogP contribution in [0.1, 0.15) is 27.3 Å². The zero-order valence-electron chi connectivity index (χ0n) is 21.9. The summed E-state index contributed by atoms with van der Waals surface area (Å²) in [5.41, 5.74) is 2.22. The molecule has 0 unspecified atom stereocenters. The van der Waals surface area contributed by atoms with Crippen LogP contribution in [-0.4, -0.2) is 84.9 Å². The van der Waals surface area contributed by atoms with Gasteiger partial charge in [0, 0.05) is 60.4 Å². The molecule has 4 heterocycles. The molecule has 5 rings (SSSR count). The van der Waals surface area contributed by atoms with Crippen LogP contribution in [0.5, 0.6) is 0 Å². The molecule has 0 saturated carbocycles. The van der Waals surface area contributed by atoms with E-state index >= 15 is 8.63 Å². The summed E-state index contributed by atoms with van der Waals surface area (Å²) in [6.45, 7) is -2.50. The number of ether oxygens (including phenoxy) is 3. The third-order valence-corrected chi connectivity index (χ3v) is 6.93. The summed E-state index contributed by atoms with van der Waals surface area (Å²) in [5, 5.41) is 0. The predicted molar refractivity (Wildman–Crippen MR) is 144 cm³/mol. The van der Waals surface area contributed by atoms with Gasteiger partial charge >= 0.3 is 18.9 Å². The molecule has 0 N–H and O–H groups in total. The number of amides is 1. The molecule has 0 atom stereocenters. The van der Waals surface area contributed by atoms with Crippen LogP contribution in [0, 0.1) is 0 Å². The van der Waals surface area contributed by atoms with Crippen molar-refractivity contribution in [2.24, 2.45) is 0 Å². The maximum atomic E-state index is 16.3. The van der Waals surface area contributed by atoms with Gasteiger partial charge in [-0.15, -0.1) is 0 Å². The van der Waals surface area contributed by atoms with Crippen molar-refractivity contribution in [3.8, 4) is 0 Å². The number of carbonyl (C=O) groups excluding carboxylic acids is 3. The average Bonchev–Trinajstić information content (AvgIpc) is 3.61. The van der Waals surface area contributed by atoms with Crippen molar-refractivity contribution in [1.29, 1.82) is 0 Å². The number of rotatable bonds is 6. The van der Waals surface area contributed by atoms with Crippen LogP contribution in [0.15, 0.2) is 72.5 Å². The molecule has 0 bridgehead atoms. The van der Waals surface area contributed by atoms with Gasteiger partial charge in [-0.05, 0) is 35.9 Å². The minimum atomic E-state index is -4.45. The average molecular weight is 549 g/mol. The van der Waals surface area contributed by atoms with Crippen molar-refractivity contribution in [3.05, 3.63) is 95.0 Å². The highest BCUT2D eigenvalue weighted by Crippen LogP contribution is 2.41. The standard InChI is InChI=1S/C28H26BF2N3O6/c1-38-25(35)13-9-21-7-11-23-27(19-3-5-20(6-4-19)28(37)32-15-17-40-18-16-32)24-12-8-22(10-14-26(36)39-2)34(24)29(30,31)33(21)23/h3-14H,15-18H2,1-2H3/b13-9+,14-10+. The van der Waals surface area contributed by atoms with Crippen LogP contribution >= 0.6 is 0 Å². The molecule has 0 radical (unpaired) electrons. The summed E-state index contributed by atoms with van der Waals surface area (Å²) in [4.78, 5) is 38.1. The Hall–Kier alpha value is -4.58. The lowest BCUT2D eigenvalue weighted by molar-refractivity contribution is -0.360. The van der Waals surface area contributed by atoms with Crippen molar-refractivity contribution in [3.63, 3.8) is 0 Å².